The van der Waals surface area contributed by atoms with Crippen LogP contribution >= 0.6 is 0 Å². The lowest BCUT2D eigenvalue weighted by Gasteiger charge is -2.14. The maximum absolute atomic E-state index is 6.35. The molecule has 5 heteroatoms. The number of furan rings is 1. The summed E-state index contributed by atoms with van der Waals surface area (Å²) in [6.45, 7) is 0. The highest BCUT2D eigenvalue weighted by Crippen LogP contribution is 2.36. The van der Waals surface area contributed by atoms with E-state index in [4.69, 9.17) is 19.4 Å². The lowest BCUT2D eigenvalue weighted by Crippen LogP contribution is -2.01. The molecule has 0 unspecified atom stereocenters. The molecule has 1 N–H and O–H groups in total. The predicted molar refractivity (Wildman–Crippen MR) is 179 cm³/mol. The van der Waals surface area contributed by atoms with Crippen LogP contribution in [-0.4, -0.2) is 15.0 Å². The van der Waals surface area contributed by atoms with Crippen molar-refractivity contribution < 1.29 is 4.42 Å². The Morgan fingerprint density at radius 3 is 1.86 bits per heavy atom. The Hall–Kier alpha value is -6.07. The molecular formula is C39H26N4O. The third-order valence-corrected chi connectivity index (χ3v) is 7.72. The van der Waals surface area contributed by atoms with E-state index in [1.165, 1.54) is 0 Å². The Balaban J connectivity index is 1.25. The van der Waals surface area contributed by atoms with E-state index in [-0.39, 0.29) is 0 Å². The summed E-state index contributed by atoms with van der Waals surface area (Å²) in [6, 6.07) is 51.1. The lowest BCUT2D eigenvalue weighted by molar-refractivity contribution is 0.669. The molecule has 44 heavy (non-hydrogen) atoms. The zero-order valence-corrected chi connectivity index (χ0v) is 23.7. The quantitative estimate of drug-likeness (QED) is 0.217. The van der Waals surface area contributed by atoms with Crippen molar-refractivity contribution in [1.29, 1.82) is 0 Å². The van der Waals surface area contributed by atoms with E-state index < -0.39 is 0 Å². The van der Waals surface area contributed by atoms with Crippen LogP contribution in [0, 0.1) is 0 Å². The van der Waals surface area contributed by atoms with E-state index in [0.717, 1.165) is 61.1 Å². The minimum absolute atomic E-state index is 0.561. The van der Waals surface area contributed by atoms with Gasteiger partial charge in [0.1, 0.15) is 11.2 Å². The van der Waals surface area contributed by atoms with Crippen LogP contribution < -0.4 is 5.32 Å². The average molecular weight is 567 g/mol. The monoisotopic (exact) mass is 566 g/mol. The van der Waals surface area contributed by atoms with E-state index in [1.807, 2.05) is 84.9 Å². The predicted octanol–water partition coefficient (Wildman–Crippen LogP) is 10.2. The standard InChI is InChI=1S/C39H26N4O/c1-3-13-26(14-4-1)30-19-7-9-23-34(30)40-29-18-11-17-28(25-29)38-41-37(27-15-5-2-6-16-27)42-39(43-38)33-22-12-21-32-31-20-8-10-24-35(31)44-36(32)33/h1-25,40H. The van der Waals surface area contributed by atoms with Crippen LogP contribution in [0.2, 0.25) is 0 Å². The number of benzene rings is 6. The number of fused-ring (bicyclic) bond motifs is 3. The number of nitrogens with one attached hydrogen (secondary N) is 1. The third-order valence-electron chi connectivity index (χ3n) is 7.72. The van der Waals surface area contributed by atoms with Crippen LogP contribution in [0.5, 0.6) is 0 Å². The smallest absolute Gasteiger partial charge is 0.167 e. The van der Waals surface area contributed by atoms with E-state index in [0.29, 0.717) is 17.5 Å². The fraction of sp³-hybridized carbons (Fsp3) is 0. The van der Waals surface area contributed by atoms with Gasteiger partial charge in [-0.25, -0.2) is 15.0 Å². The van der Waals surface area contributed by atoms with Gasteiger partial charge in [0.05, 0.1) is 5.56 Å². The Bertz CT molecular complexity index is 2260. The second-order valence-corrected chi connectivity index (χ2v) is 10.6. The van der Waals surface area contributed by atoms with Crippen molar-refractivity contribution in [3.63, 3.8) is 0 Å². The molecule has 8 rings (SSSR count). The molecule has 0 fully saturated rings. The van der Waals surface area contributed by atoms with Crippen molar-refractivity contribution in [2.45, 2.75) is 0 Å². The highest BCUT2D eigenvalue weighted by atomic mass is 16.3. The minimum Gasteiger partial charge on any atom is -0.455 e. The number of hydrogen-bond acceptors (Lipinski definition) is 5. The van der Waals surface area contributed by atoms with Gasteiger partial charge in [0.2, 0.25) is 0 Å². The van der Waals surface area contributed by atoms with Crippen LogP contribution in [0.1, 0.15) is 0 Å². The van der Waals surface area contributed by atoms with E-state index in [9.17, 15) is 0 Å². The zero-order valence-electron chi connectivity index (χ0n) is 23.7. The molecule has 8 aromatic rings. The van der Waals surface area contributed by atoms with Crippen molar-refractivity contribution in [2.24, 2.45) is 0 Å². The van der Waals surface area contributed by atoms with Crippen LogP contribution in [0.15, 0.2) is 156 Å². The summed E-state index contributed by atoms with van der Waals surface area (Å²) < 4.78 is 6.35. The fourth-order valence-corrected chi connectivity index (χ4v) is 5.62. The third kappa shape index (κ3) is 4.76. The minimum atomic E-state index is 0.561. The van der Waals surface area contributed by atoms with Crippen molar-refractivity contribution in [2.75, 3.05) is 5.32 Å². The van der Waals surface area contributed by atoms with Gasteiger partial charge in [0.15, 0.2) is 17.5 Å². The van der Waals surface area contributed by atoms with Gasteiger partial charge in [-0.15, -0.1) is 0 Å². The molecule has 0 aliphatic carbocycles. The van der Waals surface area contributed by atoms with Crippen molar-refractivity contribution in [3.8, 4) is 45.3 Å². The van der Waals surface area contributed by atoms with Gasteiger partial charge in [-0.1, -0.05) is 121 Å². The Kier molecular flexibility index (Phi) is 6.39. The zero-order chi connectivity index (χ0) is 29.3. The van der Waals surface area contributed by atoms with Gasteiger partial charge in [0.25, 0.3) is 0 Å². The maximum atomic E-state index is 6.35. The molecule has 0 spiro atoms. The SMILES string of the molecule is c1ccc(-c2nc(-c3cccc(Nc4ccccc4-c4ccccc4)c3)nc(-c3cccc4c3oc3ccccc34)n2)cc1. The first kappa shape index (κ1) is 25.6. The molecule has 5 nitrogen and oxygen atoms in total. The second kappa shape index (κ2) is 11.0. The molecule has 0 saturated heterocycles. The van der Waals surface area contributed by atoms with Crippen molar-refractivity contribution >= 4 is 33.3 Å². The molecule has 0 aliphatic rings. The summed E-state index contributed by atoms with van der Waals surface area (Å²) >= 11 is 0. The van der Waals surface area contributed by atoms with Gasteiger partial charge < -0.3 is 9.73 Å². The van der Waals surface area contributed by atoms with Gasteiger partial charge in [-0.2, -0.15) is 0 Å². The van der Waals surface area contributed by atoms with Crippen molar-refractivity contribution in [3.05, 3.63) is 152 Å². The number of hydrogen-bond donors (Lipinski definition) is 1. The topological polar surface area (TPSA) is 63.8 Å². The van der Waals surface area contributed by atoms with E-state index in [1.54, 1.807) is 0 Å². The fourth-order valence-electron chi connectivity index (χ4n) is 5.62. The Morgan fingerprint density at radius 1 is 0.432 bits per heavy atom. The molecule has 0 aliphatic heterocycles. The maximum Gasteiger partial charge on any atom is 0.167 e. The first-order chi connectivity index (χ1) is 21.8. The molecule has 0 radical (unpaired) electrons. The molecule has 2 heterocycles. The van der Waals surface area contributed by atoms with E-state index >= 15 is 0 Å². The first-order valence-corrected chi connectivity index (χ1v) is 14.5. The summed E-state index contributed by atoms with van der Waals surface area (Å²) in [5.74, 6) is 1.75. The normalized spacial score (nSPS) is 11.2. The number of nitrogens with zero attached hydrogens (tertiary/aromatic N) is 3. The number of aromatic nitrogens is 3. The molecular weight excluding hydrogens is 540 g/mol. The van der Waals surface area contributed by atoms with Gasteiger partial charge in [0, 0.05) is 38.8 Å². The first-order valence-electron chi connectivity index (χ1n) is 14.5. The molecule has 6 aromatic carbocycles. The van der Waals surface area contributed by atoms with E-state index in [2.05, 4.69) is 72.0 Å². The lowest BCUT2D eigenvalue weighted by atomic mass is 10.0. The van der Waals surface area contributed by atoms with Gasteiger partial charge in [-0.05, 0) is 35.9 Å². The summed E-state index contributed by atoms with van der Waals surface area (Å²) in [5.41, 5.74) is 8.46. The highest BCUT2D eigenvalue weighted by molar-refractivity contribution is 6.09. The highest BCUT2D eigenvalue weighted by Gasteiger charge is 2.17. The molecule has 0 amide bonds. The molecule has 0 atom stereocenters. The average Bonchev–Trinajstić information content (AvgIpc) is 3.48. The Morgan fingerprint density at radius 2 is 1.02 bits per heavy atom. The summed E-state index contributed by atoms with van der Waals surface area (Å²) in [6.07, 6.45) is 0. The van der Waals surface area contributed by atoms with Crippen LogP contribution in [0.4, 0.5) is 11.4 Å². The number of rotatable bonds is 6. The summed E-state index contributed by atoms with van der Waals surface area (Å²) in [5, 5.41) is 5.72. The van der Waals surface area contributed by atoms with Crippen LogP contribution in [0.3, 0.4) is 0 Å². The number of anilines is 2. The summed E-state index contributed by atoms with van der Waals surface area (Å²) in [4.78, 5) is 14.9. The van der Waals surface area contributed by atoms with Crippen LogP contribution in [-0.2, 0) is 0 Å². The molecule has 2 aromatic heterocycles. The van der Waals surface area contributed by atoms with Gasteiger partial charge >= 0.3 is 0 Å². The largest absolute Gasteiger partial charge is 0.455 e. The molecule has 208 valence electrons. The molecule has 0 saturated carbocycles. The second-order valence-electron chi connectivity index (χ2n) is 10.6. The number of para-hydroxylation sites is 3. The Labute approximate surface area is 254 Å². The summed E-state index contributed by atoms with van der Waals surface area (Å²) in [7, 11) is 0. The van der Waals surface area contributed by atoms with Crippen LogP contribution in [0.25, 0.3) is 67.2 Å². The van der Waals surface area contributed by atoms with Gasteiger partial charge in [-0.3, -0.25) is 0 Å². The molecule has 0 bridgehead atoms. The van der Waals surface area contributed by atoms with Crippen molar-refractivity contribution in [1.82, 2.24) is 15.0 Å².